The highest BCUT2D eigenvalue weighted by Gasteiger charge is 2.16. The third-order valence-corrected chi connectivity index (χ3v) is 7.13. The molecule has 1 aliphatic rings. The zero-order valence-electron chi connectivity index (χ0n) is 20.0. The SMILES string of the molecule is N#CC1=CC(c2cccc(-c3ccc4c(c3)oc3cc(-c5ccccc5)c5ccccc5c34)c2)=CCN1. The molecule has 3 heteroatoms. The molecule has 5 aromatic carbocycles. The summed E-state index contributed by atoms with van der Waals surface area (Å²) >= 11 is 0. The van der Waals surface area contributed by atoms with Crippen LogP contribution in [-0.4, -0.2) is 6.54 Å². The molecule has 0 fully saturated rings. The fourth-order valence-corrected chi connectivity index (χ4v) is 5.36. The number of hydrogen-bond acceptors (Lipinski definition) is 3. The molecule has 3 nitrogen and oxygen atoms in total. The van der Waals surface area contributed by atoms with Gasteiger partial charge in [-0.2, -0.15) is 5.26 Å². The number of furan rings is 1. The predicted molar refractivity (Wildman–Crippen MR) is 152 cm³/mol. The second-order valence-electron chi connectivity index (χ2n) is 9.31. The van der Waals surface area contributed by atoms with Crippen molar-refractivity contribution in [2.75, 3.05) is 6.54 Å². The minimum Gasteiger partial charge on any atom is -0.456 e. The maximum absolute atomic E-state index is 9.28. The topological polar surface area (TPSA) is 49.0 Å². The third kappa shape index (κ3) is 3.59. The number of hydrogen-bond donors (Lipinski definition) is 1. The Hall–Kier alpha value is -5.07. The molecule has 7 rings (SSSR count). The number of dihydropyridines is 1. The molecule has 2 heterocycles. The van der Waals surface area contributed by atoms with Gasteiger partial charge in [-0.05, 0) is 74.5 Å². The number of nitrogens with zero attached hydrogens (tertiary/aromatic N) is 1. The zero-order valence-corrected chi connectivity index (χ0v) is 20.0. The quantitative estimate of drug-likeness (QED) is 0.280. The lowest BCUT2D eigenvalue weighted by Crippen LogP contribution is -2.15. The molecule has 0 amide bonds. The third-order valence-electron chi connectivity index (χ3n) is 7.13. The van der Waals surface area contributed by atoms with E-state index in [1.54, 1.807) is 0 Å². The Morgan fingerprint density at radius 3 is 2.27 bits per heavy atom. The van der Waals surface area contributed by atoms with Crippen molar-refractivity contribution in [1.29, 1.82) is 5.26 Å². The van der Waals surface area contributed by atoms with Crippen LogP contribution in [0.15, 0.2) is 125 Å². The van der Waals surface area contributed by atoms with Gasteiger partial charge in [-0.1, -0.05) is 84.9 Å². The van der Waals surface area contributed by atoms with Crippen molar-refractivity contribution in [3.05, 3.63) is 127 Å². The summed E-state index contributed by atoms with van der Waals surface area (Å²) in [5.74, 6) is 0. The second kappa shape index (κ2) is 8.55. The van der Waals surface area contributed by atoms with Gasteiger partial charge in [0, 0.05) is 17.3 Å². The van der Waals surface area contributed by atoms with Gasteiger partial charge < -0.3 is 9.73 Å². The minimum absolute atomic E-state index is 0.591. The number of benzene rings is 5. The highest BCUT2D eigenvalue weighted by molar-refractivity contribution is 6.22. The molecule has 0 unspecified atom stereocenters. The van der Waals surface area contributed by atoms with Crippen molar-refractivity contribution in [2.45, 2.75) is 0 Å². The van der Waals surface area contributed by atoms with E-state index in [0.29, 0.717) is 12.2 Å². The van der Waals surface area contributed by atoms with Gasteiger partial charge in [0.1, 0.15) is 22.9 Å². The van der Waals surface area contributed by atoms with Crippen LogP contribution in [0.1, 0.15) is 5.56 Å². The summed E-state index contributed by atoms with van der Waals surface area (Å²) < 4.78 is 6.49. The molecule has 0 spiro atoms. The van der Waals surface area contributed by atoms with E-state index >= 15 is 0 Å². The molecule has 0 saturated carbocycles. The predicted octanol–water partition coefficient (Wildman–Crippen LogP) is 8.47. The molecular formula is C34H22N2O. The Morgan fingerprint density at radius 1 is 0.649 bits per heavy atom. The fraction of sp³-hybridized carbons (Fsp3) is 0.0294. The maximum Gasteiger partial charge on any atom is 0.136 e. The first-order valence-corrected chi connectivity index (χ1v) is 12.4. The molecule has 174 valence electrons. The molecular weight excluding hydrogens is 452 g/mol. The van der Waals surface area contributed by atoms with Crippen LogP contribution in [0, 0.1) is 11.3 Å². The summed E-state index contributed by atoms with van der Waals surface area (Å²) in [6.45, 7) is 0.656. The average molecular weight is 475 g/mol. The smallest absolute Gasteiger partial charge is 0.136 e. The highest BCUT2D eigenvalue weighted by Crippen LogP contribution is 2.41. The Balaban J connectivity index is 1.38. The van der Waals surface area contributed by atoms with Gasteiger partial charge in [0.25, 0.3) is 0 Å². The van der Waals surface area contributed by atoms with Crippen LogP contribution in [0.3, 0.4) is 0 Å². The molecule has 0 atom stereocenters. The van der Waals surface area contributed by atoms with E-state index in [9.17, 15) is 5.26 Å². The lowest BCUT2D eigenvalue weighted by atomic mass is 9.94. The molecule has 1 aliphatic heterocycles. The summed E-state index contributed by atoms with van der Waals surface area (Å²) in [5.41, 5.74) is 9.08. The van der Waals surface area contributed by atoms with Crippen LogP contribution in [0.2, 0.25) is 0 Å². The fourth-order valence-electron chi connectivity index (χ4n) is 5.36. The Kier molecular flexibility index (Phi) is 4.91. The first-order valence-electron chi connectivity index (χ1n) is 12.4. The normalized spacial score (nSPS) is 13.3. The van der Waals surface area contributed by atoms with E-state index in [4.69, 9.17) is 4.42 Å². The van der Waals surface area contributed by atoms with E-state index < -0.39 is 0 Å². The lowest BCUT2D eigenvalue weighted by molar-refractivity contribution is 0.669. The van der Waals surface area contributed by atoms with Gasteiger partial charge in [-0.25, -0.2) is 0 Å². The van der Waals surface area contributed by atoms with Crippen LogP contribution >= 0.6 is 0 Å². The molecule has 1 N–H and O–H groups in total. The van der Waals surface area contributed by atoms with Crippen LogP contribution in [0.5, 0.6) is 0 Å². The van der Waals surface area contributed by atoms with Crippen molar-refractivity contribution in [3.8, 4) is 28.3 Å². The second-order valence-corrected chi connectivity index (χ2v) is 9.31. The molecule has 37 heavy (non-hydrogen) atoms. The summed E-state index contributed by atoms with van der Waals surface area (Å²) in [4.78, 5) is 0. The van der Waals surface area contributed by atoms with Crippen molar-refractivity contribution in [3.63, 3.8) is 0 Å². The Labute approximate surface area is 214 Å². The first kappa shape index (κ1) is 21.2. The standard InChI is InChI=1S/C34H22N2O/c35-21-27-18-26(15-16-36-27)24-10-6-9-23(17-24)25-13-14-30-32(19-25)37-33-20-31(22-7-2-1-3-8-22)28-11-4-5-12-29(28)34(30)33/h1-15,17-20,36H,16H2. The average Bonchev–Trinajstić information content (AvgIpc) is 3.35. The monoisotopic (exact) mass is 474 g/mol. The summed E-state index contributed by atoms with van der Waals surface area (Å²) in [7, 11) is 0. The Bertz CT molecular complexity index is 1930. The highest BCUT2D eigenvalue weighted by atomic mass is 16.3. The van der Waals surface area contributed by atoms with Crippen molar-refractivity contribution >= 4 is 38.3 Å². The summed E-state index contributed by atoms with van der Waals surface area (Å²) in [5, 5.41) is 17.1. The summed E-state index contributed by atoms with van der Waals surface area (Å²) in [6.07, 6.45) is 4.01. The van der Waals surface area contributed by atoms with Gasteiger partial charge in [0.15, 0.2) is 0 Å². The number of nitriles is 1. The number of nitrogens with one attached hydrogen (secondary N) is 1. The van der Waals surface area contributed by atoms with Gasteiger partial charge >= 0.3 is 0 Å². The number of rotatable bonds is 3. The van der Waals surface area contributed by atoms with E-state index in [0.717, 1.165) is 44.2 Å². The van der Waals surface area contributed by atoms with E-state index in [1.807, 2.05) is 12.1 Å². The first-order chi connectivity index (χ1) is 18.3. The zero-order chi connectivity index (χ0) is 24.8. The van der Waals surface area contributed by atoms with Crippen molar-refractivity contribution < 1.29 is 4.42 Å². The van der Waals surface area contributed by atoms with Crippen LogP contribution in [0.4, 0.5) is 0 Å². The molecule has 1 aromatic heterocycles. The van der Waals surface area contributed by atoms with Gasteiger partial charge in [-0.3, -0.25) is 0 Å². The molecule has 6 aromatic rings. The molecule has 0 saturated heterocycles. The number of fused-ring (bicyclic) bond motifs is 5. The molecule has 0 bridgehead atoms. The lowest BCUT2D eigenvalue weighted by Gasteiger charge is -2.12. The van der Waals surface area contributed by atoms with Crippen molar-refractivity contribution in [1.82, 2.24) is 5.32 Å². The van der Waals surface area contributed by atoms with Crippen molar-refractivity contribution in [2.24, 2.45) is 0 Å². The van der Waals surface area contributed by atoms with Crippen LogP contribution in [0.25, 0.3) is 60.5 Å². The number of allylic oxidation sites excluding steroid dienone is 3. The van der Waals surface area contributed by atoms with Gasteiger partial charge in [0.2, 0.25) is 0 Å². The van der Waals surface area contributed by atoms with E-state index in [-0.39, 0.29) is 0 Å². The van der Waals surface area contributed by atoms with E-state index in [1.165, 1.54) is 21.9 Å². The molecule has 0 radical (unpaired) electrons. The van der Waals surface area contributed by atoms with Crippen LogP contribution < -0.4 is 5.32 Å². The van der Waals surface area contributed by atoms with E-state index in [2.05, 4.69) is 115 Å². The van der Waals surface area contributed by atoms with Crippen LogP contribution in [-0.2, 0) is 0 Å². The largest absolute Gasteiger partial charge is 0.456 e. The van der Waals surface area contributed by atoms with Gasteiger partial charge in [0.05, 0.1) is 0 Å². The molecule has 0 aliphatic carbocycles. The Morgan fingerprint density at radius 2 is 1.41 bits per heavy atom. The summed E-state index contributed by atoms with van der Waals surface area (Å²) in [6, 6.07) is 38.4. The van der Waals surface area contributed by atoms with Gasteiger partial charge in [-0.15, -0.1) is 0 Å². The minimum atomic E-state index is 0.591. The maximum atomic E-state index is 9.28.